The lowest BCUT2D eigenvalue weighted by atomic mass is 10.0. The maximum atomic E-state index is 13.9. The van der Waals surface area contributed by atoms with E-state index in [2.05, 4.69) is 0 Å². The largest absolute Gasteiger partial charge is 0.370 e. The zero-order valence-electron chi connectivity index (χ0n) is 14.2. The van der Waals surface area contributed by atoms with Crippen LogP contribution in [0.15, 0.2) is 48.5 Å². The van der Waals surface area contributed by atoms with Crippen LogP contribution in [0.3, 0.4) is 0 Å². The van der Waals surface area contributed by atoms with Crippen molar-refractivity contribution in [3.8, 4) is 0 Å². The fourth-order valence-corrected chi connectivity index (χ4v) is 3.18. The van der Waals surface area contributed by atoms with Crippen LogP contribution in [0.2, 0.25) is 5.02 Å². The Morgan fingerprint density at radius 3 is 2.73 bits per heavy atom. The van der Waals surface area contributed by atoms with E-state index >= 15 is 0 Å². The summed E-state index contributed by atoms with van der Waals surface area (Å²) < 4.78 is 19.6. The molecule has 0 aliphatic carbocycles. The molecule has 4 nitrogen and oxygen atoms in total. The van der Waals surface area contributed by atoms with Gasteiger partial charge in [0.05, 0.1) is 13.2 Å². The molecule has 1 amide bonds. The van der Waals surface area contributed by atoms with Gasteiger partial charge >= 0.3 is 0 Å². The number of morpholine rings is 1. The Labute approximate surface area is 156 Å². The number of benzene rings is 2. The molecule has 1 fully saturated rings. The Hall–Kier alpha value is -2.24. The summed E-state index contributed by atoms with van der Waals surface area (Å²) in [6.07, 6.45) is -0.270. The summed E-state index contributed by atoms with van der Waals surface area (Å²) in [6, 6.07) is 13.1. The van der Waals surface area contributed by atoms with Gasteiger partial charge in [-0.05, 0) is 18.2 Å². The van der Waals surface area contributed by atoms with Crippen LogP contribution in [-0.2, 0) is 9.53 Å². The molecule has 0 radical (unpaired) electrons. The SMILES string of the molecule is O=C(CCC(=O)N1CCOC(c2ccccc2F)C1)c1cccc(Cl)c1. The summed E-state index contributed by atoms with van der Waals surface area (Å²) in [6.45, 7) is 1.06. The molecule has 0 N–H and O–H groups in total. The van der Waals surface area contributed by atoms with E-state index in [4.69, 9.17) is 16.3 Å². The lowest BCUT2D eigenvalue weighted by Crippen LogP contribution is -2.42. The zero-order valence-corrected chi connectivity index (χ0v) is 14.9. The highest BCUT2D eigenvalue weighted by Gasteiger charge is 2.27. The van der Waals surface area contributed by atoms with Gasteiger partial charge in [-0.3, -0.25) is 9.59 Å². The van der Waals surface area contributed by atoms with Crippen LogP contribution in [-0.4, -0.2) is 36.3 Å². The van der Waals surface area contributed by atoms with Crippen molar-refractivity contribution in [2.45, 2.75) is 18.9 Å². The molecule has 0 spiro atoms. The second kappa shape index (κ2) is 8.43. The van der Waals surface area contributed by atoms with Crippen molar-refractivity contribution in [3.05, 3.63) is 70.5 Å². The number of Topliss-reactive ketones (excluding diaryl/α,β-unsaturated/α-hetero) is 1. The minimum atomic E-state index is -0.488. The second-order valence-electron chi connectivity index (χ2n) is 6.15. The Bertz CT molecular complexity index is 811. The summed E-state index contributed by atoms with van der Waals surface area (Å²) in [5.74, 6) is -0.604. The lowest BCUT2D eigenvalue weighted by Gasteiger charge is -2.33. The summed E-state index contributed by atoms with van der Waals surface area (Å²) >= 11 is 5.89. The van der Waals surface area contributed by atoms with Crippen molar-refractivity contribution in [2.24, 2.45) is 0 Å². The highest BCUT2D eigenvalue weighted by molar-refractivity contribution is 6.31. The fourth-order valence-electron chi connectivity index (χ4n) is 2.99. The van der Waals surface area contributed by atoms with Crippen LogP contribution in [0, 0.1) is 5.82 Å². The number of ether oxygens (including phenoxy) is 1. The van der Waals surface area contributed by atoms with E-state index < -0.39 is 6.10 Å². The molecule has 1 aliphatic heterocycles. The van der Waals surface area contributed by atoms with Gasteiger partial charge in [0.25, 0.3) is 0 Å². The van der Waals surface area contributed by atoms with Crippen LogP contribution in [0.4, 0.5) is 4.39 Å². The molecule has 3 rings (SSSR count). The van der Waals surface area contributed by atoms with E-state index in [0.717, 1.165) is 0 Å². The molecule has 136 valence electrons. The smallest absolute Gasteiger partial charge is 0.223 e. The maximum Gasteiger partial charge on any atom is 0.223 e. The molecule has 1 aliphatic rings. The second-order valence-corrected chi connectivity index (χ2v) is 6.59. The van der Waals surface area contributed by atoms with Crippen molar-refractivity contribution in [3.63, 3.8) is 0 Å². The quantitative estimate of drug-likeness (QED) is 0.741. The van der Waals surface area contributed by atoms with Gasteiger partial charge in [0.1, 0.15) is 11.9 Å². The number of hydrogen-bond donors (Lipinski definition) is 0. The van der Waals surface area contributed by atoms with E-state index in [1.165, 1.54) is 6.07 Å². The third kappa shape index (κ3) is 4.48. The molecule has 6 heteroatoms. The molecule has 0 bridgehead atoms. The molecule has 1 atom stereocenters. The standard InChI is InChI=1S/C20H19ClFNO3/c21-15-5-3-4-14(12-15)18(24)8-9-20(25)23-10-11-26-19(13-23)16-6-1-2-7-17(16)22/h1-7,12,19H,8-11,13H2. The number of nitrogens with zero attached hydrogens (tertiary/aromatic N) is 1. The molecular formula is C20H19ClFNO3. The van der Waals surface area contributed by atoms with Crippen LogP contribution in [0.25, 0.3) is 0 Å². The number of halogens is 2. The van der Waals surface area contributed by atoms with Crippen LogP contribution in [0.5, 0.6) is 0 Å². The van der Waals surface area contributed by atoms with Crippen molar-refractivity contribution in [2.75, 3.05) is 19.7 Å². The molecule has 2 aromatic rings. The number of carbonyl (C=O) groups excluding carboxylic acids is 2. The molecule has 1 saturated heterocycles. The molecule has 26 heavy (non-hydrogen) atoms. The van der Waals surface area contributed by atoms with Gasteiger partial charge in [0.2, 0.25) is 5.91 Å². The molecule has 1 heterocycles. The number of ketones is 1. The minimum absolute atomic E-state index is 0.106. The predicted molar refractivity (Wildman–Crippen MR) is 96.7 cm³/mol. The summed E-state index contributed by atoms with van der Waals surface area (Å²) in [5, 5.41) is 0.489. The average molecular weight is 376 g/mol. The van der Waals surface area contributed by atoms with Crippen LogP contribution < -0.4 is 0 Å². The van der Waals surface area contributed by atoms with Crippen LogP contribution in [0.1, 0.15) is 34.9 Å². The van der Waals surface area contributed by atoms with Gasteiger partial charge in [-0.25, -0.2) is 4.39 Å². The first-order chi connectivity index (χ1) is 12.5. The highest BCUT2D eigenvalue weighted by Crippen LogP contribution is 2.25. The van der Waals surface area contributed by atoms with Crippen LogP contribution >= 0.6 is 11.6 Å². The molecule has 0 saturated carbocycles. The van der Waals surface area contributed by atoms with Crippen molar-refractivity contribution in [1.82, 2.24) is 4.90 Å². The van der Waals surface area contributed by atoms with Crippen molar-refractivity contribution >= 4 is 23.3 Å². The predicted octanol–water partition coefficient (Wildman–Crippen LogP) is 4.04. The third-order valence-electron chi connectivity index (χ3n) is 4.38. The van der Waals surface area contributed by atoms with Crippen molar-refractivity contribution < 1.29 is 18.7 Å². The first kappa shape index (κ1) is 18.5. The van der Waals surface area contributed by atoms with E-state index in [-0.39, 0.29) is 36.9 Å². The van der Waals surface area contributed by atoms with E-state index in [0.29, 0.717) is 29.3 Å². The van der Waals surface area contributed by atoms with Gasteiger partial charge < -0.3 is 9.64 Å². The van der Waals surface area contributed by atoms with Crippen molar-refractivity contribution in [1.29, 1.82) is 0 Å². The Balaban J connectivity index is 1.58. The van der Waals surface area contributed by atoms with Gasteiger partial charge in [-0.1, -0.05) is 41.9 Å². The van der Waals surface area contributed by atoms with E-state index in [1.807, 2.05) is 0 Å². The topological polar surface area (TPSA) is 46.6 Å². The first-order valence-corrected chi connectivity index (χ1v) is 8.85. The normalized spacial score (nSPS) is 17.2. The summed E-state index contributed by atoms with van der Waals surface area (Å²) in [4.78, 5) is 26.3. The van der Waals surface area contributed by atoms with Gasteiger partial charge in [0.15, 0.2) is 5.78 Å². The number of rotatable bonds is 5. The van der Waals surface area contributed by atoms with Gasteiger partial charge in [0, 0.05) is 35.5 Å². The fraction of sp³-hybridized carbons (Fsp3) is 0.300. The third-order valence-corrected chi connectivity index (χ3v) is 4.62. The highest BCUT2D eigenvalue weighted by atomic mass is 35.5. The molecule has 2 aromatic carbocycles. The molecular weight excluding hydrogens is 357 g/mol. The number of hydrogen-bond acceptors (Lipinski definition) is 3. The Kier molecular flexibility index (Phi) is 6.01. The Morgan fingerprint density at radius 1 is 1.15 bits per heavy atom. The summed E-state index contributed by atoms with van der Waals surface area (Å²) in [5.41, 5.74) is 0.941. The lowest BCUT2D eigenvalue weighted by molar-refractivity contribution is -0.139. The summed E-state index contributed by atoms with van der Waals surface area (Å²) in [7, 11) is 0. The number of amides is 1. The monoisotopic (exact) mass is 375 g/mol. The average Bonchev–Trinajstić information content (AvgIpc) is 2.66. The molecule has 0 aromatic heterocycles. The zero-order chi connectivity index (χ0) is 18.5. The van der Waals surface area contributed by atoms with E-state index in [1.54, 1.807) is 47.4 Å². The van der Waals surface area contributed by atoms with Gasteiger partial charge in [-0.15, -0.1) is 0 Å². The van der Waals surface area contributed by atoms with E-state index in [9.17, 15) is 14.0 Å². The number of carbonyl (C=O) groups is 2. The first-order valence-electron chi connectivity index (χ1n) is 8.47. The molecule has 1 unspecified atom stereocenters. The Morgan fingerprint density at radius 2 is 1.96 bits per heavy atom. The minimum Gasteiger partial charge on any atom is -0.370 e. The van der Waals surface area contributed by atoms with Gasteiger partial charge in [-0.2, -0.15) is 0 Å². The maximum absolute atomic E-state index is 13.9.